The number of hydrogen-bond donors (Lipinski definition) is 0. The van der Waals surface area contributed by atoms with Crippen LogP contribution < -0.4 is 0 Å². The fourth-order valence-electron chi connectivity index (χ4n) is 0.390. The third-order valence-corrected chi connectivity index (χ3v) is 2.90. The molecule has 3 heteroatoms. The van der Waals surface area contributed by atoms with Crippen LogP contribution in [-0.2, 0) is 0 Å². The average molecular weight is 238 g/mol. The molecule has 8 heavy (non-hydrogen) atoms. The molecule has 0 aliphatic carbocycles. The Morgan fingerprint density at radius 2 is 2.50 bits per heavy atom. The molecular weight excluding hydrogens is 235 g/mol. The summed E-state index contributed by atoms with van der Waals surface area (Å²) in [5, 5.41) is 1.91. The van der Waals surface area contributed by atoms with Crippen LogP contribution in [0.4, 0.5) is 0 Å². The van der Waals surface area contributed by atoms with Crippen molar-refractivity contribution in [2.24, 2.45) is 0 Å². The Bertz CT molecular complexity index is 194. The Balaban J connectivity index is 3.09. The van der Waals surface area contributed by atoms with Crippen LogP contribution in [0.3, 0.4) is 0 Å². The lowest BCUT2D eigenvalue weighted by Gasteiger charge is -1.76. The molecule has 0 fully saturated rings. The predicted molar refractivity (Wildman–Crippen MR) is 42.4 cm³/mol. The molecule has 0 aliphatic heterocycles. The van der Waals surface area contributed by atoms with Gasteiger partial charge in [-0.05, 0) is 34.0 Å². The van der Waals surface area contributed by atoms with Gasteiger partial charge in [0.2, 0.25) is 0 Å². The van der Waals surface area contributed by atoms with Gasteiger partial charge >= 0.3 is 0 Å². The zero-order chi connectivity index (χ0) is 5.98. The molecule has 0 unspecified atom stereocenters. The number of carbonyl (C=O) groups excluding carboxylic acids is 1. The smallest absolute Gasteiger partial charge is 0.161 e. The summed E-state index contributed by atoms with van der Waals surface area (Å²) in [7, 11) is 0. The van der Waals surface area contributed by atoms with Gasteiger partial charge in [0, 0.05) is 3.57 Å². The van der Waals surface area contributed by atoms with Crippen molar-refractivity contribution in [3.63, 3.8) is 0 Å². The monoisotopic (exact) mass is 238 g/mol. The largest absolute Gasteiger partial charge is 0.297 e. The van der Waals surface area contributed by atoms with Crippen molar-refractivity contribution >= 4 is 40.2 Å². The molecule has 0 N–H and O–H groups in total. The minimum Gasteiger partial charge on any atom is -0.297 e. The quantitative estimate of drug-likeness (QED) is 0.541. The fraction of sp³-hybridized carbons (Fsp3) is 0. The van der Waals surface area contributed by atoms with E-state index in [0.29, 0.717) is 0 Å². The van der Waals surface area contributed by atoms with E-state index in [1.165, 1.54) is 11.3 Å². The number of thiophene rings is 1. The summed E-state index contributed by atoms with van der Waals surface area (Å²) in [6.45, 7) is 0. The van der Waals surface area contributed by atoms with E-state index >= 15 is 0 Å². The van der Waals surface area contributed by atoms with Crippen molar-refractivity contribution in [2.75, 3.05) is 0 Å². The van der Waals surface area contributed by atoms with Crippen molar-refractivity contribution in [1.82, 2.24) is 0 Å². The zero-order valence-corrected chi connectivity index (χ0v) is 6.90. The number of carbonyl (C=O) groups is 1. The van der Waals surface area contributed by atoms with E-state index in [-0.39, 0.29) is 0 Å². The summed E-state index contributed by atoms with van der Waals surface area (Å²) in [4.78, 5) is 10.9. The van der Waals surface area contributed by atoms with Gasteiger partial charge in [-0.25, -0.2) is 0 Å². The van der Waals surface area contributed by atoms with E-state index < -0.39 is 0 Å². The topological polar surface area (TPSA) is 17.1 Å². The molecule has 1 nitrogen and oxygen atoms in total. The van der Waals surface area contributed by atoms with Crippen molar-refractivity contribution in [1.29, 1.82) is 0 Å². The van der Waals surface area contributed by atoms with Gasteiger partial charge in [0.25, 0.3) is 0 Å². The molecule has 0 bridgehead atoms. The van der Waals surface area contributed by atoms with Gasteiger partial charge in [0.1, 0.15) is 0 Å². The summed E-state index contributed by atoms with van der Waals surface area (Å²) in [6.07, 6.45) is 0.881. The van der Waals surface area contributed by atoms with E-state index in [0.717, 1.165) is 14.7 Å². The second-order valence-corrected chi connectivity index (χ2v) is 3.36. The molecule has 0 radical (unpaired) electrons. The molecular formula is C5H3IOS. The van der Waals surface area contributed by atoms with Gasteiger partial charge in [-0.1, -0.05) is 0 Å². The third-order valence-electron chi connectivity index (χ3n) is 0.752. The van der Waals surface area contributed by atoms with E-state index in [4.69, 9.17) is 0 Å². The van der Waals surface area contributed by atoms with Crippen molar-refractivity contribution in [3.05, 3.63) is 19.9 Å². The molecule has 42 valence electrons. The first kappa shape index (κ1) is 6.22. The highest BCUT2D eigenvalue weighted by Gasteiger charge is 1.95. The molecule has 0 spiro atoms. The Kier molecular flexibility index (Phi) is 2.01. The van der Waals surface area contributed by atoms with Crippen LogP contribution in [0.25, 0.3) is 0 Å². The standard InChI is InChI=1S/C5H3IOS/c6-4-1-2-8-5(4)3-7/h1-3H. The van der Waals surface area contributed by atoms with Crippen LogP contribution in [0.5, 0.6) is 0 Å². The minimum atomic E-state index is 0.825. The lowest BCUT2D eigenvalue weighted by Crippen LogP contribution is -1.71. The average Bonchev–Trinajstić information content (AvgIpc) is 2.14. The normalized spacial score (nSPS) is 9.12. The lowest BCUT2D eigenvalue weighted by molar-refractivity contribution is 0.112. The van der Waals surface area contributed by atoms with Crippen LogP contribution in [0.2, 0.25) is 0 Å². The Morgan fingerprint density at radius 3 is 2.75 bits per heavy atom. The molecule has 0 aliphatic rings. The minimum absolute atomic E-state index is 0.825. The highest BCUT2D eigenvalue weighted by atomic mass is 127. The maximum absolute atomic E-state index is 10.1. The summed E-state index contributed by atoms with van der Waals surface area (Å²) in [5.74, 6) is 0. The Morgan fingerprint density at radius 1 is 1.75 bits per heavy atom. The van der Waals surface area contributed by atoms with Crippen LogP contribution >= 0.6 is 33.9 Å². The van der Waals surface area contributed by atoms with Gasteiger partial charge < -0.3 is 0 Å². The summed E-state index contributed by atoms with van der Waals surface area (Å²) in [5.41, 5.74) is 0. The van der Waals surface area contributed by atoms with E-state index in [2.05, 4.69) is 22.6 Å². The maximum atomic E-state index is 10.1. The molecule has 1 aromatic heterocycles. The van der Waals surface area contributed by atoms with Gasteiger partial charge in [-0.3, -0.25) is 4.79 Å². The maximum Gasteiger partial charge on any atom is 0.161 e. The van der Waals surface area contributed by atoms with Crippen LogP contribution in [0, 0.1) is 3.57 Å². The van der Waals surface area contributed by atoms with Gasteiger partial charge in [0.15, 0.2) is 6.29 Å². The fourth-order valence-corrected chi connectivity index (χ4v) is 1.91. The number of rotatable bonds is 1. The van der Waals surface area contributed by atoms with Gasteiger partial charge in [0.05, 0.1) is 4.88 Å². The SMILES string of the molecule is O=Cc1sccc1I. The highest BCUT2D eigenvalue weighted by molar-refractivity contribution is 14.1. The number of aldehydes is 1. The molecule has 1 aromatic rings. The first-order valence-corrected chi connectivity index (χ1v) is 3.98. The molecule has 0 aromatic carbocycles. The van der Waals surface area contributed by atoms with E-state index in [9.17, 15) is 4.79 Å². The molecule has 1 rings (SSSR count). The summed E-state index contributed by atoms with van der Waals surface area (Å²) in [6, 6.07) is 1.93. The van der Waals surface area contributed by atoms with Crippen LogP contribution in [0.15, 0.2) is 11.4 Å². The molecule has 0 saturated carbocycles. The Hall–Kier alpha value is 0.100. The summed E-state index contributed by atoms with van der Waals surface area (Å²) < 4.78 is 1.04. The van der Waals surface area contributed by atoms with E-state index in [1.807, 2.05) is 11.4 Å². The second-order valence-electron chi connectivity index (χ2n) is 1.25. The van der Waals surface area contributed by atoms with Crippen LogP contribution in [-0.4, -0.2) is 6.29 Å². The highest BCUT2D eigenvalue weighted by Crippen LogP contribution is 2.15. The van der Waals surface area contributed by atoms with Gasteiger partial charge in [-0.2, -0.15) is 0 Å². The molecule has 0 amide bonds. The van der Waals surface area contributed by atoms with Gasteiger partial charge in [-0.15, -0.1) is 11.3 Å². The molecule has 0 atom stereocenters. The second kappa shape index (κ2) is 2.59. The number of halogens is 1. The zero-order valence-electron chi connectivity index (χ0n) is 3.93. The molecule has 0 saturated heterocycles. The molecule has 1 heterocycles. The van der Waals surface area contributed by atoms with Crippen molar-refractivity contribution in [2.45, 2.75) is 0 Å². The first-order chi connectivity index (χ1) is 3.84. The van der Waals surface area contributed by atoms with Crippen LogP contribution in [0.1, 0.15) is 9.67 Å². The Labute approximate surface area is 64.9 Å². The van der Waals surface area contributed by atoms with Crippen molar-refractivity contribution < 1.29 is 4.79 Å². The third kappa shape index (κ3) is 1.08. The lowest BCUT2D eigenvalue weighted by atomic mass is 10.5. The number of hydrogen-bond acceptors (Lipinski definition) is 2. The van der Waals surface area contributed by atoms with E-state index in [1.54, 1.807) is 0 Å². The predicted octanol–water partition coefficient (Wildman–Crippen LogP) is 2.17. The first-order valence-electron chi connectivity index (χ1n) is 2.03. The summed E-state index contributed by atoms with van der Waals surface area (Å²) >= 11 is 3.61. The van der Waals surface area contributed by atoms with Crippen molar-refractivity contribution in [3.8, 4) is 0 Å².